The SMILES string of the molecule is COc1ccc(CCNc2ncccc2C(=O)N2CCCC2)cc1OC. The van der Waals surface area contributed by atoms with E-state index in [0.717, 1.165) is 37.9 Å². The summed E-state index contributed by atoms with van der Waals surface area (Å²) >= 11 is 0. The molecule has 2 heterocycles. The quantitative estimate of drug-likeness (QED) is 0.827. The summed E-state index contributed by atoms with van der Waals surface area (Å²) in [6.07, 6.45) is 4.65. The van der Waals surface area contributed by atoms with Gasteiger partial charge < -0.3 is 19.7 Å². The maximum atomic E-state index is 12.7. The normalized spacial score (nSPS) is 13.5. The molecule has 0 saturated carbocycles. The fraction of sp³-hybridized carbons (Fsp3) is 0.400. The van der Waals surface area contributed by atoms with Gasteiger partial charge in [0, 0.05) is 25.8 Å². The summed E-state index contributed by atoms with van der Waals surface area (Å²) in [6, 6.07) is 9.53. The molecule has 1 aliphatic heterocycles. The Hall–Kier alpha value is -2.76. The molecular formula is C20H25N3O3. The zero-order valence-electron chi connectivity index (χ0n) is 15.3. The number of rotatable bonds is 7. The Kier molecular flexibility index (Phi) is 5.94. The lowest BCUT2D eigenvalue weighted by atomic mass is 10.1. The number of pyridine rings is 1. The van der Waals surface area contributed by atoms with Gasteiger partial charge in [-0.25, -0.2) is 4.98 Å². The molecule has 0 atom stereocenters. The average molecular weight is 355 g/mol. The third-order valence-corrected chi connectivity index (χ3v) is 4.59. The van der Waals surface area contributed by atoms with Crippen LogP contribution in [0, 0.1) is 0 Å². The van der Waals surface area contributed by atoms with Gasteiger partial charge in [0.05, 0.1) is 19.8 Å². The molecule has 138 valence electrons. The van der Waals surface area contributed by atoms with Crippen molar-refractivity contribution in [2.75, 3.05) is 39.2 Å². The van der Waals surface area contributed by atoms with Crippen molar-refractivity contribution in [3.63, 3.8) is 0 Å². The van der Waals surface area contributed by atoms with Crippen molar-refractivity contribution >= 4 is 11.7 Å². The minimum atomic E-state index is 0.0595. The average Bonchev–Trinajstić information content (AvgIpc) is 3.22. The van der Waals surface area contributed by atoms with E-state index in [2.05, 4.69) is 10.3 Å². The minimum absolute atomic E-state index is 0.0595. The summed E-state index contributed by atoms with van der Waals surface area (Å²) in [4.78, 5) is 18.9. The number of hydrogen-bond donors (Lipinski definition) is 1. The lowest BCUT2D eigenvalue weighted by Gasteiger charge is -2.17. The number of nitrogens with one attached hydrogen (secondary N) is 1. The van der Waals surface area contributed by atoms with Crippen LogP contribution >= 0.6 is 0 Å². The van der Waals surface area contributed by atoms with Gasteiger partial charge in [-0.3, -0.25) is 4.79 Å². The first-order chi connectivity index (χ1) is 12.7. The molecule has 6 nitrogen and oxygen atoms in total. The maximum Gasteiger partial charge on any atom is 0.257 e. The zero-order valence-corrected chi connectivity index (χ0v) is 15.3. The predicted molar refractivity (Wildman–Crippen MR) is 101 cm³/mol. The van der Waals surface area contributed by atoms with Crippen molar-refractivity contribution in [2.24, 2.45) is 0 Å². The van der Waals surface area contributed by atoms with E-state index in [4.69, 9.17) is 9.47 Å². The number of anilines is 1. The van der Waals surface area contributed by atoms with Gasteiger partial charge in [-0.05, 0) is 49.1 Å². The molecule has 1 amide bonds. The van der Waals surface area contributed by atoms with Crippen LogP contribution in [0.1, 0.15) is 28.8 Å². The fourth-order valence-electron chi connectivity index (χ4n) is 3.17. The summed E-state index contributed by atoms with van der Waals surface area (Å²) in [5, 5.41) is 3.30. The van der Waals surface area contributed by atoms with Crippen LogP contribution in [-0.4, -0.2) is 49.6 Å². The molecule has 1 aliphatic rings. The number of ether oxygens (including phenoxy) is 2. The molecule has 6 heteroatoms. The molecule has 26 heavy (non-hydrogen) atoms. The Balaban J connectivity index is 1.64. The second kappa shape index (κ2) is 8.56. The van der Waals surface area contributed by atoms with Crippen LogP contribution in [0.4, 0.5) is 5.82 Å². The molecule has 0 aliphatic carbocycles. The highest BCUT2D eigenvalue weighted by atomic mass is 16.5. The maximum absolute atomic E-state index is 12.7. The van der Waals surface area contributed by atoms with Gasteiger partial charge in [0.1, 0.15) is 5.82 Å². The Bertz CT molecular complexity index is 758. The summed E-state index contributed by atoms with van der Waals surface area (Å²) in [7, 11) is 3.25. The molecule has 1 aromatic carbocycles. The van der Waals surface area contributed by atoms with Gasteiger partial charge in [-0.2, -0.15) is 0 Å². The van der Waals surface area contributed by atoms with Gasteiger partial charge in [-0.15, -0.1) is 0 Å². The lowest BCUT2D eigenvalue weighted by molar-refractivity contribution is 0.0793. The van der Waals surface area contributed by atoms with Gasteiger partial charge in [0.25, 0.3) is 5.91 Å². The minimum Gasteiger partial charge on any atom is -0.493 e. The summed E-state index contributed by atoms with van der Waals surface area (Å²) in [5.74, 6) is 2.13. The van der Waals surface area contributed by atoms with Crippen LogP contribution in [-0.2, 0) is 6.42 Å². The highest BCUT2D eigenvalue weighted by molar-refractivity contribution is 5.98. The molecule has 0 radical (unpaired) electrons. The van der Waals surface area contributed by atoms with Gasteiger partial charge in [-0.1, -0.05) is 6.07 Å². The van der Waals surface area contributed by atoms with E-state index in [-0.39, 0.29) is 5.91 Å². The molecule has 0 spiro atoms. The number of carbonyl (C=O) groups is 1. The number of carbonyl (C=O) groups excluding carboxylic acids is 1. The molecule has 2 aromatic rings. The van der Waals surface area contributed by atoms with E-state index in [9.17, 15) is 4.79 Å². The van der Waals surface area contributed by atoms with Crippen LogP contribution in [0.5, 0.6) is 11.5 Å². The number of benzene rings is 1. The standard InChI is InChI=1S/C20H25N3O3/c1-25-17-8-7-15(14-18(17)26-2)9-11-22-19-16(6-5-10-21-19)20(24)23-12-3-4-13-23/h5-8,10,14H,3-4,9,11-13H2,1-2H3,(H,21,22). The van der Waals surface area contributed by atoms with Crippen LogP contribution < -0.4 is 14.8 Å². The zero-order chi connectivity index (χ0) is 18.4. The molecule has 1 saturated heterocycles. The van der Waals surface area contributed by atoms with E-state index in [1.807, 2.05) is 35.2 Å². The molecule has 1 fully saturated rings. The number of aromatic nitrogens is 1. The highest BCUT2D eigenvalue weighted by Crippen LogP contribution is 2.27. The van der Waals surface area contributed by atoms with Gasteiger partial charge >= 0.3 is 0 Å². The monoisotopic (exact) mass is 355 g/mol. The number of amides is 1. The molecule has 1 aromatic heterocycles. The first-order valence-electron chi connectivity index (χ1n) is 8.92. The van der Waals surface area contributed by atoms with E-state index in [1.165, 1.54) is 0 Å². The van der Waals surface area contributed by atoms with E-state index in [0.29, 0.717) is 29.4 Å². The second-order valence-electron chi connectivity index (χ2n) is 6.26. The summed E-state index contributed by atoms with van der Waals surface area (Å²) < 4.78 is 10.6. The number of nitrogens with zero attached hydrogens (tertiary/aromatic N) is 2. The van der Waals surface area contributed by atoms with E-state index >= 15 is 0 Å². The van der Waals surface area contributed by atoms with Crippen molar-refractivity contribution in [1.29, 1.82) is 0 Å². The molecule has 0 unspecified atom stereocenters. The highest BCUT2D eigenvalue weighted by Gasteiger charge is 2.22. The first-order valence-corrected chi connectivity index (χ1v) is 8.92. The van der Waals surface area contributed by atoms with Crippen molar-refractivity contribution in [3.05, 3.63) is 47.7 Å². The van der Waals surface area contributed by atoms with Crippen molar-refractivity contribution < 1.29 is 14.3 Å². The number of hydrogen-bond acceptors (Lipinski definition) is 5. The number of likely N-dealkylation sites (tertiary alicyclic amines) is 1. The summed E-state index contributed by atoms with van der Waals surface area (Å²) in [6.45, 7) is 2.34. The number of methoxy groups -OCH3 is 2. The van der Waals surface area contributed by atoms with Crippen LogP contribution in [0.3, 0.4) is 0 Å². The van der Waals surface area contributed by atoms with Crippen LogP contribution in [0.25, 0.3) is 0 Å². The smallest absolute Gasteiger partial charge is 0.257 e. The van der Waals surface area contributed by atoms with Crippen LogP contribution in [0.2, 0.25) is 0 Å². The van der Waals surface area contributed by atoms with E-state index in [1.54, 1.807) is 20.4 Å². The Morgan fingerprint density at radius 1 is 1.15 bits per heavy atom. The Labute approximate surface area is 154 Å². The van der Waals surface area contributed by atoms with Crippen molar-refractivity contribution in [3.8, 4) is 11.5 Å². The van der Waals surface area contributed by atoms with Crippen LogP contribution in [0.15, 0.2) is 36.5 Å². The molecule has 0 bridgehead atoms. The third-order valence-electron chi connectivity index (χ3n) is 4.59. The summed E-state index contributed by atoms with van der Waals surface area (Å²) in [5.41, 5.74) is 1.76. The molecule has 3 rings (SSSR count). The van der Waals surface area contributed by atoms with Crippen molar-refractivity contribution in [2.45, 2.75) is 19.3 Å². The molecule has 1 N–H and O–H groups in total. The largest absolute Gasteiger partial charge is 0.493 e. The topological polar surface area (TPSA) is 63.7 Å². The Morgan fingerprint density at radius 3 is 2.65 bits per heavy atom. The van der Waals surface area contributed by atoms with Crippen molar-refractivity contribution in [1.82, 2.24) is 9.88 Å². The van der Waals surface area contributed by atoms with Gasteiger partial charge in [0.2, 0.25) is 0 Å². The third kappa shape index (κ3) is 4.07. The first kappa shape index (κ1) is 18.0. The second-order valence-corrected chi connectivity index (χ2v) is 6.26. The van der Waals surface area contributed by atoms with Gasteiger partial charge in [0.15, 0.2) is 11.5 Å². The fourth-order valence-corrected chi connectivity index (χ4v) is 3.17. The Morgan fingerprint density at radius 2 is 1.92 bits per heavy atom. The predicted octanol–water partition coefficient (Wildman–Crippen LogP) is 2.99. The lowest BCUT2D eigenvalue weighted by Crippen LogP contribution is -2.28. The molecular weight excluding hydrogens is 330 g/mol. The van der Waals surface area contributed by atoms with E-state index < -0.39 is 0 Å².